The van der Waals surface area contributed by atoms with Gasteiger partial charge in [-0.3, -0.25) is 9.69 Å². The number of ether oxygens (including phenoxy) is 1. The van der Waals surface area contributed by atoms with Crippen LogP contribution in [0.4, 0.5) is 4.79 Å². The van der Waals surface area contributed by atoms with Gasteiger partial charge in [0, 0.05) is 90.7 Å². The molecule has 0 radical (unpaired) electrons. The number of carbonyl (C=O) groups is 2. The Balaban J connectivity index is 1.02. The predicted molar refractivity (Wildman–Crippen MR) is 181 cm³/mol. The normalized spacial score (nSPS) is 19.0. The molecule has 232 valence electrons. The zero-order chi connectivity index (χ0) is 30.8. The van der Waals surface area contributed by atoms with Crippen LogP contribution in [-0.4, -0.2) is 51.3 Å². The second-order valence-corrected chi connectivity index (χ2v) is 13.1. The van der Waals surface area contributed by atoms with Gasteiger partial charge in [0.2, 0.25) is 0 Å². The highest BCUT2D eigenvalue weighted by Gasteiger charge is 2.33. The van der Waals surface area contributed by atoms with E-state index >= 15 is 0 Å². The van der Waals surface area contributed by atoms with Crippen LogP contribution in [0.3, 0.4) is 0 Å². The first-order valence-corrected chi connectivity index (χ1v) is 16.6. The Morgan fingerprint density at radius 1 is 0.761 bits per heavy atom. The maximum absolute atomic E-state index is 13.4. The van der Waals surface area contributed by atoms with Gasteiger partial charge in [-0.05, 0) is 36.1 Å². The molecule has 8 heteroatoms. The van der Waals surface area contributed by atoms with E-state index in [0.717, 1.165) is 89.3 Å². The molecular weight excluding hydrogens is 574 g/mol. The summed E-state index contributed by atoms with van der Waals surface area (Å²) >= 11 is 0. The van der Waals surface area contributed by atoms with Gasteiger partial charge in [-0.15, -0.1) is 0 Å². The number of piperidine rings is 1. The van der Waals surface area contributed by atoms with Gasteiger partial charge in [0.25, 0.3) is 5.91 Å². The van der Waals surface area contributed by atoms with Crippen molar-refractivity contribution in [2.45, 2.75) is 64.0 Å². The molecule has 2 amide bonds. The van der Waals surface area contributed by atoms with Gasteiger partial charge < -0.3 is 24.5 Å². The second kappa shape index (κ2) is 10.9. The number of alkyl carbamates (subject to hydrolysis) is 1. The third-order valence-corrected chi connectivity index (χ3v) is 10.5. The summed E-state index contributed by atoms with van der Waals surface area (Å²) in [6.07, 6.45) is 2.69. The average Bonchev–Trinajstić information content (AvgIpc) is 3.74. The number of nitrogens with one attached hydrogen (secondary N) is 2. The highest BCUT2D eigenvalue weighted by Crippen LogP contribution is 2.45. The van der Waals surface area contributed by atoms with Gasteiger partial charge in [-0.2, -0.15) is 0 Å². The number of hydrogen-bond acceptors (Lipinski definition) is 4. The fourth-order valence-electron chi connectivity index (χ4n) is 8.32. The van der Waals surface area contributed by atoms with Crippen molar-refractivity contribution in [1.29, 1.82) is 0 Å². The molecule has 6 aromatic rings. The lowest BCUT2D eigenvalue weighted by Crippen LogP contribution is -2.45. The lowest BCUT2D eigenvalue weighted by Gasteiger charge is -2.32. The first-order valence-electron chi connectivity index (χ1n) is 16.6. The monoisotopic (exact) mass is 611 g/mol. The van der Waals surface area contributed by atoms with Crippen molar-refractivity contribution in [1.82, 2.24) is 24.7 Å². The molecule has 4 aromatic carbocycles. The fraction of sp³-hybridized carbons (Fsp3) is 0.316. The molecule has 8 nitrogen and oxygen atoms in total. The van der Waals surface area contributed by atoms with Crippen LogP contribution in [0.25, 0.3) is 43.6 Å². The lowest BCUT2D eigenvalue weighted by molar-refractivity contribution is 0.0765. The standard InChI is InChI=1S/C38H37N5O3/c44-37-34-29(22-39-37)32-27-10-4-6-12-30(27)42-20-16-26(17-21-43-31-13-7-5-11-28(31)33(34)36(43)35(32)42)46-38(45)40-25-14-18-41(19-15-25)23-24-8-2-1-3-9-24/h1-13,25-26H,14-23H2,(H,39,44)(H,40,45). The maximum atomic E-state index is 13.4. The van der Waals surface area contributed by atoms with Crippen LogP contribution in [0.15, 0.2) is 78.9 Å². The van der Waals surface area contributed by atoms with Crippen LogP contribution in [0.5, 0.6) is 0 Å². The molecule has 3 aliphatic rings. The Morgan fingerprint density at radius 2 is 1.37 bits per heavy atom. The van der Waals surface area contributed by atoms with Crippen molar-refractivity contribution < 1.29 is 14.3 Å². The molecule has 1 unspecified atom stereocenters. The van der Waals surface area contributed by atoms with Gasteiger partial charge in [0.05, 0.1) is 16.6 Å². The van der Waals surface area contributed by atoms with E-state index in [-0.39, 0.29) is 24.1 Å². The smallest absolute Gasteiger partial charge is 0.407 e. The van der Waals surface area contributed by atoms with Crippen molar-refractivity contribution in [2.75, 3.05) is 13.1 Å². The summed E-state index contributed by atoms with van der Waals surface area (Å²) < 4.78 is 11.0. The number of rotatable bonds is 4. The Hall–Kier alpha value is -4.82. The summed E-state index contributed by atoms with van der Waals surface area (Å²) in [5.74, 6) is 0.000265. The van der Waals surface area contributed by atoms with Gasteiger partial charge in [-0.1, -0.05) is 66.7 Å². The molecular formula is C38H37N5O3. The largest absolute Gasteiger partial charge is 0.446 e. The zero-order valence-electron chi connectivity index (χ0n) is 25.8. The van der Waals surface area contributed by atoms with E-state index < -0.39 is 0 Å². The number of aromatic nitrogens is 2. The highest BCUT2D eigenvalue weighted by atomic mass is 16.6. The summed E-state index contributed by atoms with van der Waals surface area (Å²) in [6.45, 7) is 4.80. The number of para-hydroxylation sites is 2. The molecule has 0 saturated carbocycles. The number of aryl methyl sites for hydroxylation is 2. The number of fused-ring (bicyclic) bond motifs is 9. The van der Waals surface area contributed by atoms with Crippen LogP contribution >= 0.6 is 0 Å². The molecule has 46 heavy (non-hydrogen) atoms. The van der Waals surface area contributed by atoms with Crippen molar-refractivity contribution in [3.8, 4) is 0 Å². The second-order valence-electron chi connectivity index (χ2n) is 13.1. The molecule has 0 bridgehead atoms. The van der Waals surface area contributed by atoms with Gasteiger partial charge in [0.1, 0.15) is 6.10 Å². The van der Waals surface area contributed by atoms with Gasteiger partial charge >= 0.3 is 6.09 Å². The molecule has 1 fully saturated rings. The third-order valence-electron chi connectivity index (χ3n) is 10.5. The number of nitrogens with zero attached hydrogens (tertiary/aromatic N) is 3. The van der Waals surface area contributed by atoms with E-state index in [4.69, 9.17) is 4.74 Å². The molecule has 3 aliphatic heterocycles. The summed E-state index contributed by atoms with van der Waals surface area (Å²) in [7, 11) is 0. The number of hydrogen-bond donors (Lipinski definition) is 2. The van der Waals surface area contributed by atoms with Crippen molar-refractivity contribution in [3.05, 3.63) is 95.6 Å². The molecule has 2 aromatic heterocycles. The van der Waals surface area contributed by atoms with E-state index in [1.165, 1.54) is 16.5 Å². The Morgan fingerprint density at radius 3 is 2.07 bits per heavy atom. The molecule has 0 spiro atoms. The quantitative estimate of drug-likeness (QED) is 0.233. The summed E-state index contributed by atoms with van der Waals surface area (Å²) in [5.41, 5.74) is 7.76. The first-order chi connectivity index (χ1) is 22.6. The average molecular weight is 612 g/mol. The highest BCUT2D eigenvalue weighted by molar-refractivity contribution is 6.30. The van der Waals surface area contributed by atoms with Crippen LogP contribution in [0, 0.1) is 0 Å². The fourth-order valence-corrected chi connectivity index (χ4v) is 8.32. The predicted octanol–water partition coefficient (Wildman–Crippen LogP) is 6.70. The minimum Gasteiger partial charge on any atom is -0.446 e. The molecule has 0 aliphatic carbocycles. The first kappa shape index (κ1) is 27.5. The number of likely N-dealkylation sites (tertiary alicyclic amines) is 1. The van der Waals surface area contributed by atoms with E-state index in [0.29, 0.717) is 19.5 Å². The van der Waals surface area contributed by atoms with E-state index in [9.17, 15) is 9.59 Å². The van der Waals surface area contributed by atoms with E-state index in [2.05, 4.69) is 104 Å². The minimum atomic E-state index is -0.316. The topological polar surface area (TPSA) is 80.5 Å². The summed E-state index contributed by atoms with van der Waals surface area (Å²) in [5, 5.41) is 10.8. The Labute approximate surface area is 266 Å². The van der Waals surface area contributed by atoms with E-state index in [1.807, 2.05) is 0 Å². The lowest BCUT2D eigenvalue weighted by atomic mass is 9.97. The zero-order valence-corrected chi connectivity index (χ0v) is 25.8. The maximum Gasteiger partial charge on any atom is 0.407 e. The van der Waals surface area contributed by atoms with Crippen LogP contribution in [0.2, 0.25) is 0 Å². The molecule has 2 N–H and O–H groups in total. The minimum absolute atomic E-state index is 0.000265. The number of benzene rings is 4. The van der Waals surface area contributed by atoms with Gasteiger partial charge in [0.15, 0.2) is 0 Å². The Bertz CT molecular complexity index is 2160. The van der Waals surface area contributed by atoms with Crippen LogP contribution < -0.4 is 10.6 Å². The summed E-state index contributed by atoms with van der Waals surface area (Å²) in [4.78, 5) is 29.2. The SMILES string of the molecule is O=C(NC1CCN(Cc2ccccc2)CC1)OC1CCn2c3ccccc3c3c4c(c5c6ccccc6n(c5c32)CC1)C(=O)NC4. The molecule has 5 heterocycles. The molecule has 1 saturated heterocycles. The van der Waals surface area contributed by atoms with Crippen molar-refractivity contribution >= 4 is 55.6 Å². The van der Waals surface area contributed by atoms with Crippen LogP contribution in [-0.2, 0) is 30.9 Å². The summed E-state index contributed by atoms with van der Waals surface area (Å²) in [6, 6.07) is 27.6. The van der Waals surface area contributed by atoms with Crippen LogP contribution in [0.1, 0.15) is 47.2 Å². The number of amides is 2. The van der Waals surface area contributed by atoms with Crippen molar-refractivity contribution in [3.63, 3.8) is 0 Å². The molecule has 1 atom stereocenters. The number of carbonyl (C=O) groups excluding carboxylic acids is 2. The van der Waals surface area contributed by atoms with Crippen molar-refractivity contribution in [2.24, 2.45) is 0 Å². The van der Waals surface area contributed by atoms with Gasteiger partial charge in [-0.25, -0.2) is 4.79 Å². The molecule has 9 rings (SSSR count). The third kappa shape index (κ3) is 4.38. The van der Waals surface area contributed by atoms with E-state index in [1.54, 1.807) is 0 Å². The Kier molecular flexibility index (Phi) is 6.52.